The average molecular weight is 421 g/mol. The molecule has 164 valence electrons. The van der Waals surface area contributed by atoms with Crippen LogP contribution in [-0.4, -0.2) is 103 Å². The van der Waals surface area contributed by atoms with Gasteiger partial charge in [0.2, 0.25) is 0 Å². The maximum absolute atomic E-state index is 12.6. The van der Waals surface area contributed by atoms with Gasteiger partial charge in [-0.25, -0.2) is 4.79 Å². The van der Waals surface area contributed by atoms with E-state index >= 15 is 0 Å². The van der Waals surface area contributed by atoms with E-state index in [-0.39, 0.29) is 12.0 Å². The molecule has 1 aromatic heterocycles. The summed E-state index contributed by atoms with van der Waals surface area (Å²) in [5, 5.41) is 7.12. The third-order valence-corrected chi connectivity index (χ3v) is 4.87. The summed E-state index contributed by atoms with van der Waals surface area (Å²) < 4.78 is 42.9. The molecule has 3 heterocycles. The first-order chi connectivity index (χ1) is 13.5. The van der Waals surface area contributed by atoms with Crippen molar-refractivity contribution < 1.29 is 37.0 Å². The minimum atomic E-state index is -5.08. The Morgan fingerprint density at radius 3 is 2.48 bits per heavy atom. The second-order valence-corrected chi connectivity index (χ2v) is 7.22. The lowest BCUT2D eigenvalue weighted by Crippen LogP contribution is -2.52. The third-order valence-electron chi connectivity index (χ3n) is 4.87. The maximum atomic E-state index is 12.6. The highest BCUT2D eigenvalue weighted by Gasteiger charge is 2.42. The SMILES string of the molecule is Cc1occc1C(=O)N1C[C@@H]2OCCN(CCN(C)C)[C@@H]2C1.O=C(O)C(F)(F)F. The van der Waals surface area contributed by atoms with Crippen LogP contribution in [-0.2, 0) is 9.53 Å². The van der Waals surface area contributed by atoms with Crippen LogP contribution < -0.4 is 0 Å². The predicted octanol–water partition coefficient (Wildman–Crippen LogP) is 1.31. The van der Waals surface area contributed by atoms with Gasteiger partial charge in [-0.05, 0) is 27.1 Å². The Labute approximate surface area is 166 Å². The Morgan fingerprint density at radius 1 is 1.31 bits per heavy atom. The van der Waals surface area contributed by atoms with Crippen LogP contribution in [0.25, 0.3) is 0 Å². The summed E-state index contributed by atoms with van der Waals surface area (Å²) in [5.41, 5.74) is 0.665. The number of alkyl halides is 3. The van der Waals surface area contributed by atoms with Gasteiger partial charge in [-0.2, -0.15) is 13.2 Å². The van der Waals surface area contributed by atoms with Crippen molar-refractivity contribution in [3.05, 3.63) is 23.7 Å². The highest BCUT2D eigenvalue weighted by atomic mass is 19.4. The van der Waals surface area contributed by atoms with E-state index in [9.17, 15) is 18.0 Å². The zero-order valence-corrected chi connectivity index (χ0v) is 16.6. The van der Waals surface area contributed by atoms with Gasteiger partial charge in [-0.15, -0.1) is 0 Å². The summed E-state index contributed by atoms with van der Waals surface area (Å²) in [6.45, 7) is 6.98. The Kier molecular flexibility index (Phi) is 7.66. The first-order valence-corrected chi connectivity index (χ1v) is 9.14. The number of aryl methyl sites for hydroxylation is 1. The van der Waals surface area contributed by atoms with Crippen molar-refractivity contribution in [1.82, 2.24) is 14.7 Å². The number of fused-ring (bicyclic) bond motifs is 1. The number of hydrogen-bond donors (Lipinski definition) is 1. The molecule has 0 unspecified atom stereocenters. The van der Waals surface area contributed by atoms with E-state index in [1.807, 2.05) is 11.8 Å². The number of carbonyl (C=O) groups is 2. The zero-order chi connectivity index (χ0) is 21.8. The van der Waals surface area contributed by atoms with Gasteiger partial charge in [0.15, 0.2) is 0 Å². The molecule has 2 aliphatic heterocycles. The fourth-order valence-electron chi connectivity index (χ4n) is 3.31. The molecule has 0 radical (unpaired) electrons. The van der Waals surface area contributed by atoms with Crippen LogP contribution >= 0.6 is 0 Å². The molecule has 29 heavy (non-hydrogen) atoms. The van der Waals surface area contributed by atoms with Crippen molar-refractivity contribution in [2.45, 2.75) is 25.2 Å². The highest BCUT2D eigenvalue weighted by Crippen LogP contribution is 2.25. The number of likely N-dealkylation sites (N-methyl/N-ethyl adjacent to an activating group) is 1. The molecular formula is C18H26F3N3O5. The number of nitrogens with zero attached hydrogens (tertiary/aromatic N) is 3. The largest absolute Gasteiger partial charge is 0.490 e. The summed E-state index contributed by atoms with van der Waals surface area (Å²) in [6, 6.07) is 2.06. The number of morpholine rings is 1. The number of amides is 1. The molecule has 2 fully saturated rings. The number of carboxylic acid groups (broad SMARTS) is 1. The van der Waals surface area contributed by atoms with Gasteiger partial charge in [-0.3, -0.25) is 9.69 Å². The van der Waals surface area contributed by atoms with E-state index in [0.29, 0.717) is 23.9 Å². The first kappa shape index (κ1) is 23.2. The van der Waals surface area contributed by atoms with Gasteiger partial charge in [-0.1, -0.05) is 0 Å². The lowest BCUT2D eigenvalue weighted by atomic mass is 10.1. The Morgan fingerprint density at radius 2 is 1.97 bits per heavy atom. The van der Waals surface area contributed by atoms with E-state index in [1.54, 1.807) is 12.3 Å². The molecule has 8 nitrogen and oxygen atoms in total. The van der Waals surface area contributed by atoms with Crippen molar-refractivity contribution in [2.24, 2.45) is 0 Å². The van der Waals surface area contributed by atoms with Crippen molar-refractivity contribution in [1.29, 1.82) is 0 Å². The average Bonchev–Trinajstić information content (AvgIpc) is 3.25. The standard InChI is InChI=1S/C16H25N3O3.C2HF3O2/c1-12-13(4-8-21-12)16(20)19-10-14-15(11-19)22-9-7-18(14)6-5-17(2)3;3-2(4,5)1(6)7/h4,8,14-15H,5-7,9-11H2,1-3H3;(H,6,7)/t14-,15+;/m1./s1. The van der Waals surface area contributed by atoms with Crippen LogP contribution in [0.5, 0.6) is 0 Å². The second kappa shape index (κ2) is 9.59. The number of halogens is 3. The molecule has 1 aromatic rings. The van der Waals surface area contributed by atoms with Crippen molar-refractivity contribution in [3.63, 3.8) is 0 Å². The fraction of sp³-hybridized carbons (Fsp3) is 0.667. The molecule has 11 heteroatoms. The molecular weight excluding hydrogens is 395 g/mol. The maximum Gasteiger partial charge on any atom is 0.490 e. The Balaban J connectivity index is 0.000000370. The van der Waals surface area contributed by atoms with Gasteiger partial charge in [0.1, 0.15) is 5.76 Å². The quantitative estimate of drug-likeness (QED) is 0.785. The van der Waals surface area contributed by atoms with Gasteiger partial charge in [0, 0.05) is 32.7 Å². The van der Waals surface area contributed by atoms with Crippen LogP contribution in [0, 0.1) is 6.92 Å². The molecule has 0 saturated carbocycles. The van der Waals surface area contributed by atoms with Gasteiger partial charge in [0.05, 0.1) is 30.6 Å². The minimum absolute atomic E-state index is 0.0526. The third kappa shape index (κ3) is 6.18. The van der Waals surface area contributed by atoms with Crippen molar-refractivity contribution in [3.8, 4) is 0 Å². The summed E-state index contributed by atoms with van der Waals surface area (Å²) in [4.78, 5) is 28.1. The monoisotopic (exact) mass is 421 g/mol. The van der Waals surface area contributed by atoms with E-state index < -0.39 is 12.1 Å². The molecule has 2 saturated heterocycles. The Bertz CT molecular complexity index is 707. The predicted molar refractivity (Wildman–Crippen MR) is 96.7 cm³/mol. The minimum Gasteiger partial charge on any atom is -0.475 e. The van der Waals surface area contributed by atoms with E-state index in [4.69, 9.17) is 19.1 Å². The number of hydrogen-bond acceptors (Lipinski definition) is 6. The topological polar surface area (TPSA) is 86.5 Å². The summed E-state index contributed by atoms with van der Waals surface area (Å²) in [7, 11) is 4.17. The molecule has 0 aliphatic carbocycles. The number of carbonyl (C=O) groups excluding carboxylic acids is 1. The number of carboxylic acids is 1. The van der Waals surface area contributed by atoms with Gasteiger partial charge in [0.25, 0.3) is 5.91 Å². The molecule has 3 rings (SSSR count). The number of rotatable bonds is 4. The first-order valence-electron chi connectivity index (χ1n) is 9.14. The van der Waals surface area contributed by atoms with E-state index in [0.717, 1.165) is 32.8 Å². The number of likely N-dealkylation sites (tertiary alicyclic amines) is 1. The molecule has 0 aromatic carbocycles. The van der Waals surface area contributed by atoms with Crippen LogP contribution in [0.4, 0.5) is 13.2 Å². The van der Waals surface area contributed by atoms with Crippen molar-refractivity contribution in [2.75, 3.05) is 53.4 Å². The molecule has 2 aliphatic rings. The van der Waals surface area contributed by atoms with E-state index in [2.05, 4.69) is 23.9 Å². The summed E-state index contributed by atoms with van der Waals surface area (Å²) in [5.74, 6) is -2.02. The van der Waals surface area contributed by atoms with E-state index in [1.165, 1.54) is 0 Å². The summed E-state index contributed by atoms with van der Waals surface area (Å²) in [6.07, 6.45) is -3.38. The van der Waals surface area contributed by atoms with Gasteiger partial charge < -0.3 is 24.1 Å². The Hall–Kier alpha value is -2.11. The zero-order valence-electron chi connectivity index (χ0n) is 16.6. The molecule has 1 amide bonds. The number of ether oxygens (including phenoxy) is 1. The van der Waals surface area contributed by atoms with Crippen LogP contribution in [0.15, 0.2) is 16.7 Å². The van der Waals surface area contributed by atoms with Crippen LogP contribution in [0.3, 0.4) is 0 Å². The molecule has 2 atom stereocenters. The van der Waals surface area contributed by atoms with Crippen LogP contribution in [0.2, 0.25) is 0 Å². The normalized spacial score (nSPS) is 22.2. The smallest absolute Gasteiger partial charge is 0.475 e. The molecule has 0 spiro atoms. The lowest BCUT2D eigenvalue weighted by molar-refractivity contribution is -0.192. The van der Waals surface area contributed by atoms with Gasteiger partial charge >= 0.3 is 12.1 Å². The molecule has 1 N–H and O–H groups in total. The molecule has 0 bridgehead atoms. The summed E-state index contributed by atoms with van der Waals surface area (Å²) >= 11 is 0. The number of aliphatic carboxylic acids is 1. The lowest BCUT2D eigenvalue weighted by Gasteiger charge is -2.37. The second-order valence-electron chi connectivity index (χ2n) is 7.22. The highest BCUT2D eigenvalue weighted by molar-refractivity contribution is 5.95. The number of furan rings is 1. The van der Waals surface area contributed by atoms with Crippen molar-refractivity contribution >= 4 is 11.9 Å². The van der Waals surface area contributed by atoms with Crippen LogP contribution in [0.1, 0.15) is 16.1 Å². The fourth-order valence-corrected chi connectivity index (χ4v) is 3.31.